The molecule has 0 aliphatic carbocycles. The molecule has 1 saturated heterocycles. The highest BCUT2D eigenvalue weighted by Gasteiger charge is 2.29. The number of rotatable bonds is 3. The number of nitrogens with zero attached hydrogens (tertiary/aromatic N) is 4. The number of aromatic nitrogens is 1. The van der Waals surface area contributed by atoms with Gasteiger partial charge in [-0.15, -0.1) is 0 Å². The van der Waals surface area contributed by atoms with Crippen molar-refractivity contribution < 1.29 is 8.42 Å². The highest BCUT2D eigenvalue weighted by Crippen LogP contribution is 2.23. The fraction of sp³-hybridized carbons (Fsp3) is 0.200. The van der Waals surface area contributed by atoms with Crippen LogP contribution in [0.4, 0.5) is 5.82 Å². The van der Waals surface area contributed by atoms with Crippen molar-refractivity contribution >= 4 is 26.6 Å². The molecule has 1 aliphatic heterocycles. The lowest BCUT2D eigenvalue weighted by Gasteiger charge is -2.34. The van der Waals surface area contributed by atoms with E-state index in [0.717, 1.165) is 16.6 Å². The summed E-state index contributed by atoms with van der Waals surface area (Å²) in [6, 6.07) is 18.6. The van der Waals surface area contributed by atoms with Crippen LogP contribution in [-0.4, -0.2) is 43.9 Å². The Labute approximate surface area is 158 Å². The van der Waals surface area contributed by atoms with E-state index in [-0.39, 0.29) is 0 Å². The van der Waals surface area contributed by atoms with Crippen molar-refractivity contribution in [3.05, 3.63) is 66.4 Å². The van der Waals surface area contributed by atoms with Crippen molar-refractivity contribution in [3.63, 3.8) is 0 Å². The summed E-state index contributed by atoms with van der Waals surface area (Å²) in [4.78, 5) is 6.65. The summed E-state index contributed by atoms with van der Waals surface area (Å²) in [5, 5.41) is 10.8. The summed E-state index contributed by atoms with van der Waals surface area (Å²) in [6.45, 7) is 1.92. The van der Waals surface area contributed by atoms with E-state index in [1.165, 1.54) is 10.5 Å². The average molecular weight is 378 g/mol. The molecule has 6 nitrogen and oxygen atoms in total. The summed E-state index contributed by atoms with van der Waals surface area (Å²) >= 11 is 0. The number of benzene rings is 2. The molecule has 7 heteroatoms. The molecule has 0 saturated carbocycles. The number of anilines is 1. The predicted octanol–water partition coefficient (Wildman–Crippen LogP) is 2.62. The monoisotopic (exact) mass is 378 g/mol. The van der Waals surface area contributed by atoms with Crippen LogP contribution in [0.5, 0.6) is 0 Å². The van der Waals surface area contributed by atoms with Gasteiger partial charge >= 0.3 is 0 Å². The van der Waals surface area contributed by atoms with E-state index in [9.17, 15) is 8.42 Å². The number of hydrogen-bond acceptors (Lipinski definition) is 5. The van der Waals surface area contributed by atoms with E-state index in [1.54, 1.807) is 24.3 Å². The van der Waals surface area contributed by atoms with Crippen LogP contribution in [0, 0.1) is 11.3 Å². The summed E-state index contributed by atoms with van der Waals surface area (Å²) < 4.78 is 27.6. The van der Waals surface area contributed by atoms with Crippen molar-refractivity contribution in [3.8, 4) is 6.07 Å². The molecule has 4 rings (SSSR count). The minimum atomic E-state index is -3.53. The second-order valence-electron chi connectivity index (χ2n) is 6.42. The van der Waals surface area contributed by atoms with Gasteiger partial charge in [0.05, 0.1) is 10.5 Å². The molecule has 3 aromatic rings. The van der Waals surface area contributed by atoms with Gasteiger partial charge in [0.2, 0.25) is 10.0 Å². The third-order valence-corrected chi connectivity index (χ3v) is 6.69. The molecule has 136 valence electrons. The topological polar surface area (TPSA) is 77.3 Å². The van der Waals surface area contributed by atoms with Crippen LogP contribution < -0.4 is 4.90 Å². The quantitative estimate of drug-likeness (QED) is 0.700. The predicted molar refractivity (Wildman–Crippen MR) is 104 cm³/mol. The molecule has 0 radical (unpaired) electrons. The second kappa shape index (κ2) is 6.99. The standard InChI is InChI=1S/C20H18N4O2S/c21-14-16-5-8-20(22-15-16)23-9-11-24(12-10-23)27(25,26)19-7-6-17-3-1-2-4-18(17)13-19/h1-8,13,15H,9-12H2. The van der Waals surface area contributed by atoms with E-state index in [0.29, 0.717) is 36.6 Å². The lowest BCUT2D eigenvalue weighted by molar-refractivity contribution is 0.384. The molecule has 2 heterocycles. The molecule has 0 bridgehead atoms. The Bertz CT molecular complexity index is 1110. The number of piperazine rings is 1. The number of fused-ring (bicyclic) bond motifs is 1. The fourth-order valence-electron chi connectivity index (χ4n) is 3.27. The number of sulfonamides is 1. The highest BCUT2D eigenvalue weighted by atomic mass is 32.2. The minimum Gasteiger partial charge on any atom is -0.354 e. The molecule has 27 heavy (non-hydrogen) atoms. The molecule has 2 aromatic carbocycles. The Morgan fingerprint density at radius 1 is 0.926 bits per heavy atom. The second-order valence-corrected chi connectivity index (χ2v) is 8.35. The van der Waals surface area contributed by atoms with Gasteiger partial charge in [-0.3, -0.25) is 0 Å². The van der Waals surface area contributed by atoms with Gasteiger partial charge in [0.1, 0.15) is 11.9 Å². The van der Waals surface area contributed by atoms with Crippen molar-refractivity contribution in [2.45, 2.75) is 4.90 Å². The number of nitriles is 1. The molecule has 0 spiro atoms. The van der Waals surface area contributed by atoms with Crippen LogP contribution in [-0.2, 0) is 10.0 Å². The van der Waals surface area contributed by atoms with Gasteiger partial charge in [0, 0.05) is 32.4 Å². The summed E-state index contributed by atoms with van der Waals surface area (Å²) in [5.74, 6) is 0.761. The van der Waals surface area contributed by atoms with Crippen LogP contribution in [0.25, 0.3) is 10.8 Å². The maximum atomic E-state index is 13.0. The van der Waals surface area contributed by atoms with Gasteiger partial charge in [0.25, 0.3) is 0 Å². The largest absolute Gasteiger partial charge is 0.354 e. The maximum absolute atomic E-state index is 13.0. The van der Waals surface area contributed by atoms with E-state index < -0.39 is 10.0 Å². The zero-order valence-corrected chi connectivity index (χ0v) is 15.4. The van der Waals surface area contributed by atoms with Crippen LogP contribution in [0.1, 0.15) is 5.56 Å². The molecule has 0 unspecified atom stereocenters. The van der Waals surface area contributed by atoms with Gasteiger partial charge < -0.3 is 4.90 Å². The average Bonchev–Trinajstić information content (AvgIpc) is 2.73. The van der Waals surface area contributed by atoms with Gasteiger partial charge in [-0.2, -0.15) is 9.57 Å². The first-order chi connectivity index (χ1) is 13.1. The molecule has 1 fully saturated rings. The Morgan fingerprint density at radius 3 is 2.33 bits per heavy atom. The lowest BCUT2D eigenvalue weighted by atomic mass is 10.1. The van der Waals surface area contributed by atoms with Gasteiger partial charge in [-0.05, 0) is 35.0 Å². The van der Waals surface area contributed by atoms with Crippen LogP contribution in [0.2, 0.25) is 0 Å². The smallest absolute Gasteiger partial charge is 0.243 e. The van der Waals surface area contributed by atoms with Gasteiger partial charge in [-0.1, -0.05) is 30.3 Å². The molecule has 0 atom stereocenters. The molecule has 0 N–H and O–H groups in total. The third-order valence-electron chi connectivity index (χ3n) is 4.80. The van der Waals surface area contributed by atoms with E-state index in [4.69, 9.17) is 5.26 Å². The molecular formula is C20H18N4O2S. The third kappa shape index (κ3) is 3.37. The molecule has 1 aromatic heterocycles. The number of pyridine rings is 1. The summed E-state index contributed by atoms with van der Waals surface area (Å²) in [7, 11) is -3.53. The Kier molecular flexibility index (Phi) is 4.52. The SMILES string of the molecule is N#Cc1ccc(N2CCN(S(=O)(=O)c3ccc4ccccc4c3)CC2)nc1. The van der Waals surface area contributed by atoms with E-state index in [1.807, 2.05) is 41.3 Å². The zero-order valence-electron chi connectivity index (χ0n) is 14.6. The first-order valence-corrected chi connectivity index (χ1v) is 10.1. The van der Waals surface area contributed by atoms with Crippen molar-refractivity contribution in [2.75, 3.05) is 31.1 Å². The summed E-state index contributed by atoms with van der Waals surface area (Å²) in [5.41, 5.74) is 0.510. The summed E-state index contributed by atoms with van der Waals surface area (Å²) in [6.07, 6.45) is 1.54. The normalized spacial score (nSPS) is 15.6. The van der Waals surface area contributed by atoms with Crippen molar-refractivity contribution in [1.29, 1.82) is 5.26 Å². The Balaban J connectivity index is 1.51. The highest BCUT2D eigenvalue weighted by molar-refractivity contribution is 7.89. The zero-order chi connectivity index (χ0) is 18.9. The van der Waals surface area contributed by atoms with Crippen molar-refractivity contribution in [2.24, 2.45) is 0 Å². The van der Waals surface area contributed by atoms with Gasteiger partial charge in [0.15, 0.2) is 0 Å². The van der Waals surface area contributed by atoms with Crippen LogP contribution in [0.3, 0.4) is 0 Å². The van der Waals surface area contributed by atoms with Crippen molar-refractivity contribution in [1.82, 2.24) is 9.29 Å². The first kappa shape index (κ1) is 17.5. The van der Waals surface area contributed by atoms with Crippen LogP contribution >= 0.6 is 0 Å². The minimum absolute atomic E-state index is 0.325. The van der Waals surface area contributed by atoms with E-state index in [2.05, 4.69) is 4.98 Å². The molecule has 0 amide bonds. The first-order valence-electron chi connectivity index (χ1n) is 8.68. The van der Waals surface area contributed by atoms with Gasteiger partial charge in [-0.25, -0.2) is 13.4 Å². The van der Waals surface area contributed by atoms with E-state index >= 15 is 0 Å². The fourth-order valence-corrected chi connectivity index (χ4v) is 4.73. The Morgan fingerprint density at radius 2 is 1.67 bits per heavy atom. The molecule has 1 aliphatic rings. The Hall–Kier alpha value is -2.95. The van der Waals surface area contributed by atoms with Crippen LogP contribution in [0.15, 0.2) is 65.7 Å². The lowest BCUT2D eigenvalue weighted by Crippen LogP contribution is -2.48. The maximum Gasteiger partial charge on any atom is 0.243 e. The molecular weight excluding hydrogens is 360 g/mol. The number of hydrogen-bond donors (Lipinski definition) is 0.